The van der Waals surface area contributed by atoms with E-state index in [9.17, 15) is 9.59 Å². The lowest BCUT2D eigenvalue weighted by molar-refractivity contribution is 0.0997. The summed E-state index contributed by atoms with van der Waals surface area (Å²) in [6.07, 6.45) is 11.2. The molecule has 5 rings (SSSR count). The molecular weight excluding hydrogens is 461 g/mol. The van der Waals surface area contributed by atoms with E-state index in [1.165, 1.54) is 12.5 Å². The molecule has 0 spiro atoms. The quantitative estimate of drug-likeness (QED) is 0.532. The summed E-state index contributed by atoms with van der Waals surface area (Å²) in [4.78, 5) is 30.4. The molecule has 1 amide bonds. The molecule has 1 aromatic carbocycles. The van der Waals surface area contributed by atoms with E-state index in [4.69, 9.17) is 4.74 Å². The van der Waals surface area contributed by atoms with Crippen LogP contribution in [0.3, 0.4) is 0 Å². The van der Waals surface area contributed by atoms with Crippen molar-refractivity contribution >= 4 is 11.6 Å². The van der Waals surface area contributed by atoms with E-state index in [-0.39, 0.29) is 28.8 Å². The summed E-state index contributed by atoms with van der Waals surface area (Å²) in [6.45, 7) is 4.42. The lowest BCUT2D eigenvalue weighted by Gasteiger charge is -2.29. The fraction of sp³-hybridized carbons (Fsp3) is 0.481. The van der Waals surface area contributed by atoms with Gasteiger partial charge in [-0.2, -0.15) is 4.68 Å². The molecule has 36 heavy (non-hydrogen) atoms. The van der Waals surface area contributed by atoms with Crippen LogP contribution in [-0.2, 0) is 13.0 Å². The molecule has 2 aliphatic rings. The van der Waals surface area contributed by atoms with Gasteiger partial charge in [-0.3, -0.25) is 14.3 Å². The number of nitrogens with zero attached hydrogens (tertiary/aromatic N) is 4. The van der Waals surface area contributed by atoms with Gasteiger partial charge in [-0.05, 0) is 63.1 Å². The Hall–Kier alpha value is -3.49. The van der Waals surface area contributed by atoms with E-state index in [1.807, 2.05) is 13.8 Å². The summed E-state index contributed by atoms with van der Waals surface area (Å²) in [6, 6.07) is 4.37. The summed E-state index contributed by atoms with van der Waals surface area (Å²) in [5.74, 6) is 0.0301. The molecule has 1 aliphatic heterocycles. The topological polar surface area (TPSA) is 91.0 Å². The maximum atomic E-state index is 15.5. The van der Waals surface area contributed by atoms with Gasteiger partial charge in [-0.1, -0.05) is 19.3 Å². The molecule has 2 aromatic heterocycles. The van der Waals surface area contributed by atoms with Crippen LogP contribution in [0.2, 0.25) is 0 Å². The van der Waals surface area contributed by atoms with Gasteiger partial charge in [0, 0.05) is 25.2 Å². The number of fused-ring (bicyclic) bond motifs is 1. The Morgan fingerprint density at radius 1 is 1.19 bits per heavy atom. The van der Waals surface area contributed by atoms with Gasteiger partial charge in [-0.25, -0.2) is 9.18 Å². The molecule has 0 saturated heterocycles. The zero-order chi connectivity index (χ0) is 25.2. The van der Waals surface area contributed by atoms with Gasteiger partial charge in [0.2, 0.25) is 0 Å². The number of hydrogen-bond donors (Lipinski definition) is 1. The third-order valence-corrected chi connectivity index (χ3v) is 7.41. The minimum Gasteiger partial charge on any atom is -0.490 e. The number of amides is 1. The Kier molecular flexibility index (Phi) is 6.89. The molecule has 3 heterocycles. The molecule has 9 heteroatoms. The van der Waals surface area contributed by atoms with E-state index in [0.717, 1.165) is 54.8 Å². The van der Waals surface area contributed by atoms with Crippen LogP contribution in [0.15, 0.2) is 35.4 Å². The van der Waals surface area contributed by atoms with Gasteiger partial charge in [0.15, 0.2) is 0 Å². The van der Waals surface area contributed by atoms with Gasteiger partial charge < -0.3 is 10.1 Å². The molecule has 0 radical (unpaired) electrons. The van der Waals surface area contributed by atoms with Gasteiger partial charge in [0.1, 0.15) is 23.1 Å². The number of carbonyl (C=O) groups excluding carboxylic acids is 1. The molecule has 0 unspecified atom stereocenters. The van der Waals surface area contributed by atoms with Crippen molar-refractivity contribution in [2.24, 2.45) is 5.92 Å². The Balaban J connectivity index is 1.54. The number of rotatable bonds is 6. The maximum Gasteiger partial charge on any atom is 0.350 e. The van der Waals surface area contributed by atoms with Crippen LogP contribution in [0.4, 0.5) is 10.1 Å². The van der Waals surface area contributed by atoms with Crippen molar-refractivity contribution in [2.75, 3.05) is 5.32 Å². The predicted octanol–water partition coefficient (Wildman–Crippen LogP) is 4.81. The van der Waals surface area contributed by atoms with Crippen LogP contribution >= 0.6 is 0 Å². The monoisotopic (exact) mass is 493 g/mol. The average molecular weight is 494 g/mol. The van der Waals surface area contributed by atoms with E-state index < -0.39 is 11.7 Å². The first-order valence-electron chi connectivity index (χ1n) is 12.8. The zero-order valence-electron chi connectivity index (χ0n) is 20.8. The minimum atomic E-state index is -0.710. The van der Waals surface area contributed by atoms with Crippen LogP contribution in [0.5, 0.6) is 5.75 Å². The highest BCUT2D eigenvalue weighted by Gasteiger charge is 2.27. The second kappa shape index (κ2) is 10.2. The number of aryl methyl sites for hydroxylation is 2. The highest BCUT2D eigenvalue weighted by molar-refractivity contribution is 6.06. The van der Waals surface area contributed by atoms with E-state index >= 15 is 4.39 Å². The summed E-state index contributed by atoms with van der Waals surface area (Å²) in [5.41, 5.74) is 1.05. The van der Waals surface area contributed by atoms with Crippen LogP contribution in [0, 0.1) is 18.7 Å². The van der Waals surface area contributed by atoms with Gasteiger partial charge in [-0.15, -0.1) is 5.10 Å². The second-order valence-electron chi connectivity index (χ2n) is 9.88. The molecule has 0 bridgehead atoms. The number of nitrogens with one attached hydrogen (secondary N) is 1. The predicted molar refractivity (Wildman–Crippen MR) is 134 cm³/mol. The number of halogens is 1. The van der Waals surface area contributed by atoms with Crippen molar-refractivity contribution in [2.45, 2.75) is 77.9 Å². The molecule has 1 N–H and O–H groups in total. The fourth-order valence-corrected chi connectivity index (χ4v) is 5.22. The summed E-state index contributed by atoms with van der Waals surface area (Å²) >= 11 is 0. The molecule has 8 nitrogen and oxygen atoms in total. The van der Waals surface area contributed by atoms with E-state index in [2.05, 4.69) is 15.4 Å². The lowest BCUT2D eigenvalue weighted by atomic mass is 9.86. The third-order valence-electron chi connectivity index (χ3n) is 7.41. The van der Waals surface area contributed by atoms with E-state index in [0.29, 0.717) is 30.4 Å². The third kappa shape index (κ3) is 4.79. The number of ether oxygens (including phenoxy) is 1. The number of carbonyl (C=O) groups is 1. The standard InChI is InChI=1S/C27H32FN5O3/c1-17-11-12-29-16-22(17)30-26(34)20-14-21(28)23(33-27(35)32-13-7-6-10-25(32)31-33)15-24(20)36-18(2)19-8-4-3-5-9-19/h11-12,14-16,18-19H,3-10,13H2,1-2H3,(H,30,34)/t18-/m0/s1. The second-order valence-corrected chi connectivity index (χ2v) is 9.88. The molecular formula is C27H32FN5O3. The summed E-state index contributed by atoms with van der Waals surface area (Å²) < 4.78 is 24.5. The van der Waals surface area contributed by atoms with Crippen molar-refractivity contribution in [1.82, 2.24) is 19.3 Å². The van der Waals surface area contributed by atoms with Gasteiger partial charge in [0.25, 0.3) is 5.91 Å². The van der Waals surface area contributed by atoms with Crippen molar-refractivity contribution in [3.63, 3.8) is 0 Å². The SMILES string of the molecule is Cc1ccncc1NC(=O)c1cc(F)c(-n2nc3n(c2=O)CCCC3)cc1O[C@@H](C)C1CCCCC1. The number of hydrogen-bond acceptors (Lipinski definition) is 5. The first kappa shape index (κ1) is 24.2. The highest BCUT2D eigenvalue weighted by atomic mass is 19.1. The molecule has 1 atom stereocenters. The normalized spacial score (nSPS) is 16.9. The number of anilines is 1. The molecule has 1 aliphatic carbocycles. The molecule has 190 valence electrons. The Bertz CT molecular complexity index is 1330. The smallest absolute Gasteiger partial charge is 0.350 e. The summed E-state index contributed by atoms with van der Waals surface area (Å²) in [5, 5.41) is 7.23. The Morgan fingerprint density at radius 2 is 2.00 bits per heavy atom. The van der Waals surface area contributed by atoms with Crippen molar-refractivity contribution in [3.05, 3.63) is 63.8 Å². The minimum absolute atomic E-state index is 0.0122. The summed E-state index contributed by atoms with van der Waals surface area (Å²) in [7, 11) is 0. The van der Waals surface area contributed by atoms with Crippen LogP contribution in [0.25, 0.3) is 5.69 Å². The first-order valence-corrected chi connectivity index (χ1v) is 12.8. The molecule has 3 aromatic rings. The van der Waals surface area contributed by atoms with Crippen molar-refractivity contribution in [3.8, 4) is 11.4 Å². The largest absolute Gasteiger partial charge is 0.490 e. The number of benzene rings is 1. The highest BCUT2D eigenvalue weighted by Crippen LogP contribution is 2.32. The first-order chi connectivity index (χ1) is 17.4. The van der Waals surface area contributed by atoms with Crippen molar-refractivity contribution < 1.29 is 13.9 Å². The van der Waals surface area contributed by atoms with E-state index in [1.54, 1.807) is 23.0 Å². The fourth-order valence-electron chi connectivity index (χ4n) is 5.22. The molecule has 1 fully saturated rings. The van der Waals surface area contributed by atoms with Crippen LogP contribution < -0.4 is 15.7 Å². The average Bonchev–Trinajstić information content (AvgIpc) is 3.23. The van der Waals surface area contributed by atoms with Crippen molar-refractivity contribution in [1.29, 1.82) is 0 Å². The van der Waals surface area contributed by atoms with Gasteiger partial charge in [0.05, 0.1) is 23.6 Å². The molecule has 1 saturated carbocycles. The lowest BCUT2D eigenvalue weighted by Crippen LogP contribution is -2.28. The zero-order valence-corrected chi connectivity index (χ0v) is 20.8. The number of aromatic nitrogens is 4. The number of pyridine rings is 1. The van der Waals surface area contributed by atoms with Crippen LogP contribution in [-0.4, -0.2) is 31.3 Å². The van der Waals surface area contributed by atoms with Crippen LogP contribution in [0.1, 0.15) is 73.6 Å². The van der Waals surface area contributed by atoms with Gasteiger partial charge >= 0.3 is 5.69 Å². The maximum absolute atomic E-state index is 15.5. The Labute approximate surface area is 209 Å². The Morgan fingerprint density at radius 3 is 2.75 bits per heavy atom.